The molecule has 6 nitrogen and oxygen atoms in total. The number of hydrogen-bond donors (Lipinski definition) is 1. The Bertz CT molecular complexity index is 781. The molecule has 7 heteroatoms. The average Bonchev–Trinajstić information content (AvgIpc) is 2.90. The van der Waals surface area contributed by atoms with Crippen molar-refractivity contribution in [2.45, 2.75) is 26.8 Å². The van der Waals surface area contributed by atoms with Gasteiger partial charge in [-0.3, -0.25) is 0 Å². The molecule has 2 aromatic heterocycles. The number of aryl methyl sites for hydroxylation is 1. The van der Waals surface area contributed by atoms with Crippen LogP contribution in [0.4, 0.5) is 10.2 Å². The molecule has 3 rings (SSSR count). The van der Waals surface area contributed by atoms with Gasteiger partial charge >= 0.3 is 0 Å². The van der Waals surface area contributed by atoms with Gasteiger partial charge in [-0.2, -0.15) is 0 Å². The van der Waals surface area contributed by atoms with Crippen LogP contribution in [0.1, 0.15) is 24.7 Å². The summed E-state index contributed by atoms with van der Waals surface area (Å²) in [4.78, 5) is 8.81. The largest absolute Gasteiger partial charge is 0.368 e. The monoisotopic (exact) mass is 300 g/mol. The lowest BCUT2D eigenvalue weighted by Gasteiger charge is -2.06. The van der Waals surface area contributed by atoms with E-state index in [1.807, 2.05) is 6.92 Å². The number of rotatable bonds is 5. The summed E-state index contributed by atoms with van der Waals surface area (Å²) >= 11 is 0. The highest BCUT2D eigenvalue weighted by atomic mass is 19.1. The Hall–Kier alpha value is -2.57. The minimum Gasteiger partial charge on any atom is -0.368 e. The van der Waals surface area contributed by atoms with Gasteiger partial charge < -0.3 is 5.32 Å². The smallest absolute Gasteiger partial charge is 0.184 e. The molecule has 0 amide bonds. The fourth-order valence-corrected chi connectivity index (χ4v) is 2.20. The van der Waals surface area contributed by atoms with Gasteiger partial charge in [0.1, 0.15) is 11.6 Å². The van der Waals surface area contributed by atoms with Gasteiger partial charge in [0.2, 0.25) is 0 Å². The topological polar surface area (TPSA) is 68.5 Å². The molecule has 2 heterocycles. The zero-order chi connectivity index (χ0) is 15.5. The van der Waals surface area contributed by atoms with E-state index in [0.717, 1.165) is 18.5 Å². The van der Waals surface area contributed by atoms with Crippen LogP contribution >= 0.6 is 0 Å². The van der Waals surface area contributed by atoms with E-state index in [1.54, 1.807) is 16.8 Å². The van der Waals surface area contributed by atoms with Crippen LogP contribution in [-0.4, -0.2) is 31.5 Å². The molecule has 0 fully saturated rings. The molecule has 1 N–H and O–H groups in total. The van der Waals surface area contributed by atoms with Gasteiger partial charge in [0.25, 0.3) is 0 Å². The number of benzene rings is 1. The minimum atomic E-state index is -0.253. The van der Waals surface area contributed by atoms with E-state index in [1.165, 1.54) is 12.1 Å². The Labute approximate surface area is 127 Å². The normalized spacial score (nSPS) is 11.0. The van der Waals surface area contributed by atoms with Crippen molar-refractivity contribution in [3.05, 3.63) is 41.5 Å². The molecule has 0 aliphatic rings. The molecule has 0 saturated heterocycles. The summed E-state index contributed by atoms with van der Waals surface area (Å²) in [6.07, 6.45) is 0.994. The molecule has 0 radical (unpaired) electrons. The molecule has 0 aliphatic carbocycles. The van der Waals surface area contributed by atoms with E-state index in [0.29, 0.717) is 29.4 Å². The Morgan fingerprint density at radius 3 is 2.68 bits per heavy atom. The Balaban J connectivity index is 1.97. The van der Waals surface area contributed by atoms with Crippen molar-refractivity contribution in [2.24, 2.45) is 0 Å². The zero-order valence-corrected chi connectivity index (χ0v) is 12.5. The van der Waals surface area contributed by atoms with E-state index < -0.39 is 0 Å². The van der Waals surface area contributed by atoms with Crippen LogP contribution in [0.3, 0.4) is 0 Å². The number of anilines is 1. The van der Waals surface area contributed by atoms with Crippen molar-refractivity contribution in [3.63, 3.8) is 0 Å². The van der Waals surface area contributed by atoms with Gasteiger partial charge in [0.15, 0.2) is 17.0 Å². The minimum absolute atomic E-state index is 0.253. The fourth-order valence-electron chi connectivity index (χ4n) is 2.20. The first kappa shape index (κ1) is 14.4. The van der Waals surface area contributed by atoms with E-state index in [-0.39, 0.29) is 5.82 Å². The first-order valence-electron chi connectivity index (χ1n) is 7.23. The molecule has 0 aliphatic heterocycles. The molecule has 0 atom stereocenters. The molecule has 0 unspecified atom stereocenters. The van der Waals surface area contributed by atoms with E-state index in [9.17, 15) is 4.39 Å². The van der Waals surface area contributed by atoms with Gasteiger partial charge in [-0.15, -0.1) is 5.10 Å². The lowest BCUT2D eigenvalue weighted by atomic mass is 10.2. The molecular weight excluding hydrogens is 283 g/mol. The fraction of sp³-hybridized carbons (Fsp3) is 0.333. The van der Waals surface area contributed by atoms with Crippen LogP contribution in [0.15, 0.2) is 24.3 Å². The summed E-state index contributed by atoms with van der Waals surface area (Å²) in [6.45, 7) is 5.23. The molecule has 22 heavy (non-hydrogen) atoms. The highest BCUT2D eigenvalue weighted by Crippen LogP contribution is 2.18. The summed E-state index contributed by atoms with van der Waals surface area (Å²) in [5.41, 5.74) is 2.27. The van der Waals surface area contributed by atoms with E-state index in [2.05, 4.69) is 32.5 Å². The van der Waals surface area contributed by atoms with Crippen molar-refractivity contribution >= 4 is 17.0 Å². The average molecular weight is 300 g/mol. The number of fused-ring (bicyclic) bond motifs is 1. The molecule has 3 aromatic rings. The molecule has 0 saturated carbocycles. The first-order valence-corrected chi connectivity index (χ1v) is 7.23. The third kappa shape index (κ3) is 2.88. The molecular formula is C15H17FN6. The number of halogens is 1. The summed E-state index contributed by atoms with van der Waals surface area (Å²) in [6, 6.07) is 6.33. The van der Waals surface area contributed by atoms with Gasteiger partial charge in [0, 0.05) is 6.54 Å². The summed E-state index contributed by atoms with van der Waals surface area (Å²) in [7, 11) is 0. The number of nitrogens with zero attached hydrogens (tertiary/aromatic N) is 5. The summed E-state index contributed by atoms with van der Waals surface area (Å²) < 4.78 is 14.7. The van der Waals surface area contributed by atoms with Crippen LogP contribution in [0.25, 0.3) is 11.2 Å². The van der Waals surface area contributed by atoms with Crippen molar-refractivity contribution < 1.29 is 4.39 Å². The highest BCUT2D eigenvalue weighted by Gasteiger charge is 2.13. The van der Waals surface area contributed by atoms with Crippen molar-refractivity contribution in [1.82, 2.24) is 25.0 Å². The Morgan fingerprint density at radius 2 is 1.95 bits per heavy atom. The van der Waals surface area contributed by atoms with Gasteiger partial charge in [-0.25, -0.2) is 19.0 Å². The molecule has 1 aromatic carbocycles. The van der Waals surface area contributed by atoms with E-state index >= 15 is 0 Å². The maximum Gasteiger partial charge on any atom is 0.184 e. The molecule has 0 spiro atoms. The maximum absolute atomic E-state index is 13.0. The standard InChI is InChI=1S/C15H17FN6/c1-3-8-17-14-13-15(19-10(2)18-14)22(21-20-13)9-11-4-6-12(16)7-5-11/h4-7H,3,8-9H2,1-2H3,(H,17,18,19). The van der Waals surface area contributed by atoms with Gasteiger partial charge in [-0.05, 0) is 31.0 Å². The highest BCUT2D eigenvalue weighted by molar-refractivity contribution is 5.82. The summed E-state index contributed by atoms with van der Waals surface area (Å²) in [5, 5.41) is 11.6. The van der Waals surface area contributed by atoms with Crippen LogP contribution in [0, 0.1) is 12.7 Å². The second-order valence-corrected chi connectivity index (χ2v) is 5.09. The third-order valence-electron chi connectivity index (χ3n) is 3.26. The van der Waals surface area contributed by atoms with Crippen LogP contribution in [-0.2, 0) is 6.54 Å². The van der Waals surface area contributed by atoms with Crippen molar-refractivity contribution in [2.75, 3.05) is 11.9 Å². The third-order valence-corrected chi connectivity index (χ3v) is 3.26. The maximum atomic E-state index is 13.0. The summed E-state index contributed by atoms with van der Waals surface area (Å²) in [5.74, 6) is 1.11. The SMILES string of the molecule is CCCNc1nc(C)nc2c1nnn2Cc1ccc(F)cc1. The second kappa shape index (κ2) is 6.05. The zero-order valence-electron chi connectivity index (χ0n) is 12.5. The number of nitrogens with one attached hydrogen (secondary N) is 1. The van der Waals surface area contributed by atoms with Crippen molar-refractivity contribution in [3.8, 4) is 0 Å². The van der Waals surface area contributed by atoms with Gasteiger partial charge in [0.05, 0.1) is 6.54 Å². The van der Waals surface area contributed by atoms with Crippen LogP contribution in [0.2, 0.25) is 0 Å². The molecule has 0 bridgehead atoms. The quantitative estimate of drug-likeness (QED) is 0.784. The van der Waals surface area contributed by atoms with E-state index in [4.69, 9.17) is 0 Å². The lowest BCUT2D eigenvalue weighted by Crippen LogP contribution is -2.07. The Kier molecular flexibility index (Phi) is 3.95. The number of aromatic nitrogens is 5. The first-order chi connectivity index (χ1) is 10.7. The van der Waals surface area contributed by atoms with Gasteiger partial charge in [-0.1, -0.05) is 24.3 Å². The Morgan fingerprint density at radius 1 is 1.18 bits per heavy atom. The van der Waals surface area contributed by atoms with Crippen LogP contribution in [0.5, 0.6) is 0 Å². The molecule has 114 valence electrons. The second-order valence-electron chi connectivity index (χ2n) is 5.09. The van der Waals surface area contributed by atoms with Crippen molar-refractivity contribution in [1.29, 1.82) is 0 Å². The predicted molar refractivity (Wildman–Crippen MR) is 82.1 cm³/mol. The number of hydrogen-bond acceptors (Lipinski definition) is 5. The van der Waals surface area contributed by atoms with Crippen LogP contribution < -0.4 is 5.32 Å². The lowest BCUT2D eigenvalue weighted by molar-refractivity contribution is 0.623. The predicted octanol–water partition coefficient (Wildman–Crippen LogP) is 2.54.